The molecule has 2 aromatic carbocycles. The lowest BCUT2D eigenvalue weighted by Crippen LogP contribution is -2.40. The Labute approximate surface area is 163 Å². The third-order valence-corrected chi connectivity index (χ3v) is 3.68. The number of ether oxygens (including phenoxy) is 1. The molecular weight excluding hydrogens is 401 g/mol. The van der Waals surface area contributed by atoms with Crippen molar-refractivity contribution in [3.8, 4) is 11.5 Å². The molecule has 2 rings (SSSR count). The highest BCUT2D eigenvalue weighted by molar-refractivity contribution is 6.32. The Kier molecular flexibility index (Phi) is 5.88. The Morgan fingerprint density at radius 2 is 1.79 bits per heavy atom. The van der Waals surface area contributed by atoms with E-state index in [2.05, 4.69) is 5.32 Å². The first-order valence-corrected chi connectivity index (χ1v) is 8.31. The zero-order valence-electron chi connectivity index (χ0n) is 15.1. The van der Waals surface area contributed by atoms with Crippen molar-refractivity contribution in [2.45, 2.75) is 32.5 Å². The van der Waals surface area contributed by atoms with Crippen LogP contribution in [0, 0.1) is 10.1 Å². The summed E-state index contributed by atoms with van der Waals surface area (Å²) in [6.07, 6.45) is -4.56. The summed E-state index contributed by atoms with van der Waals surface area (Å²) in [7, 11) is 0. The Balaban J connectivity index is 2.38. The van der Waals surface area contributed by atoms with Crippen molar-refractivity contribution in [1.29, 1.82) is 0 Å². The van der Waals surface area contributed by atoms with Gasteiger partial charge in [-0.15, -0.1) is 0 Å². The monoisotopic (exact) mass is 416 g/mol. The highest BCUT2D eigenvalue weighted by Crippen LogP contribution is 2.37. The van der Waals surface area contributed by atoms with Gasteiger partial charge in [0.05, 0.1) is 15.5 Å². The molecule has 0 heterocycles. The number of rotatable bonds is 4. The third kappa shape index (κ3) is 5.35. The summed E-state index contributed by atoms with van der Waals surface area (Å²) in [4.78, 5) is 22.9. The molecule has 6 nitrogen and oxygen atoms in total. The number of hydrogen-bond donors (Lipinski definition) is 1. The molecule has 1 amide bonds. The van der Waals surface area contributed by atoms with Crippen LogP contribution in [0.2, 0.25) is 5.02 Å². The summed E-state index contributed by atoms with van der Waals surface area (Å²) < 4.78 is 43.6. The molecule has 1 N–H and O–H groups in total. The predicted molar refractivity (Wildman–Crippen MR) is 96.8 cm³/mol. The first-order chi connectivity index (χ1) is 12.8. The molecule has 0 aliphatic rings. The van der Waals surface area contributed by atoms with Crippen molar-refractivity contribution >= 4 is 23.2 Å². The van der Waals surface area contributed by atoms with E-state index in [4.69, 9.17) is 16.3 Å². The Hall–Kier alpha value is -2.81. The molecule has 0 aromatic heterocycles. The predicted octanol–water partition coefficient (Wildman–Crippen LogP) is 5.59. The minimum atomic E-state index is -4.56. The first-order valence-electron chi connectivity index (χ1n) is 7.93. The van der Waals surface area contributed by atoms with Gasteiger partial charge < -0.3 is 10.1 Å². The number of nitrogens with one attached hydrogen (secondary N) is 1. The topological polar surface area (TPSA) is 81.5 Å². The van der Waals surface area contributed by atoms with Crippen LogP contribution in [0.15, 0.2) is 36.4 Å². The van der Waals surface area contributed by atoms with E-state index in [1.54, 1.807) is 20.8 Å². The number of carbonyl (C=O) groups is 1. The van der Waals surface area contributed by atoms with E-state index < -0.39 is 33.8 Å². The van der Waals surface area contributed by atoms with E-state index in [1.807, 2.05) is 0 Å². The van der Waals surface area contributed by atoms with Gasteiger partial charge in [-0.3, -0.25) is 14.9 Å². The third-order valence-electron chi connectivity index (χ3n) is 3.38. The summed E-state index contributed by atoms with van der Waals surface area (Å²) in [6.45, 7) is 5.12. The normalized spacial score (nSPS) is 11.8. The summed E-state index contributed by atoms with van der Waals surface area (Å²) in [6, 6.07) is 5.95. The number of halogens is 4. The summed E-state index contributed by atoms with van der Waals surface area (Å²) in [5, 5.41) is 13.5. The number of nitro groups is 1. The second kappa shape index (κ2) is 7.67. The van der Waals surface area contributed by atoms with Crippen LogP contribution in [-0.2, 0) is 6.18 Å². The molecule has 150 valence electrons. The minimum Gasteiger partial charge on any atom is -0.456 e. The van der Waals surface area contributed by atoms with Gasteiger partial charge in [0.25, 0.3) is 11.6 Å². The van der Waals surface area contributed by atoms with Gasteiger partial charge >= 0.3 is 6.18 Å². The number of benzene rings is 2. The van der Waals surface area contributed by atoms with Crippen molar-refractivity contribution in [3.05, 3.63) is 62.7 Å². The van der Waals surface area contributed by atoms with E-state index in [0.29, 0.717) is 6.07 Å². The van der Waals surface area contributed by atoms with E-state index in [-0.39, 0.29) is 22.1 Å². The SMILES string of the molecule is CC(C)(C)NC(=O)c1cc(Oc2ccc(C(F)(F)F)cc2Cl)ccc1[N+](=O)[O-]. The highest BCUT2D eigenvalue weighted by Gasteiger charge is 2.31. The standard InChI is InChI=1S/C18H16ClF3N2O4/c1-17(2,3)23-16(25)12-9-11(5-6-14(12)24(26)27)28-15-7-4-10(8-13(15)19)18(20,21)22/h4-9H,1-3H3,(H,23,25). The molecule has 0 unspecified atom stereocenters. The van der Waals surface area contributed by atoms with Crippen molar-refractivity contribution < 1.29 is 27.6 Å². The van der Waals surface area contributed by atoms with Crippen molar-refractivity contribution in [1.82, 2.24) is 5.32 Å². The van der Waals surface area contributed by atoms with Gasteiger partial charge in [-0.05, 0) is 45.0 Å². The second-order valence-corrected chi connectivity index (χ2v) is 7.29. The Morgan fingerprint density at radius 1 is 1.14 bits per heavy atom. The number of nitrogens with zero attached hydrogens (tertiary/aromatic N) is 1. The lowest BCUT2D eigenvalue weighted by molar-refractivity contribution is -0.385. The molecule has 0 spiro atoms. The van der Waals surface area contributed by atoms with Crippen LogP contribution in [0.4, 0.5) is 18.9 Å². The fourth-order valence-corrected chi connectivity index (χ4v) is 2.43. The van der Waals surface area contributed by atoms with Gasteiger partial charge in [-0.1, -0.05) is 11.6 Å². The quantitative estimate of drug-likeness (QED) is 0.520. The van der Waals surface area contributed by atoms with Crippen LogP contribution in [0.1, 0.15) is 36.7 Å². The number of nitro benzene ring substituents is 1. The molecule has 2 aromatic rings. The van der Waals surface area contributed by atoms with Crippen LogP contribution in [0.3, 0.4) is 0 Å². The van der Waals surface area contributed by atoms with Crippen molar-refractivity contribution in [2.75, 3.05) is 0 Å². The molecule has 0 saturated carbocycles. The maximum Gasteiger partial charge on any atom is 0.416 e. The summed E-state index contributed by atoms with van der Waals surface area (Å²) >= 11 is 5.84. The molecule has 0 bridgehead atoms. The fraction of sp³-hybridized carbons (Fsp3) is 0.278. The summed E-state index contributed by atoms with van der Waals surface area (Å²) in [5.74, 6) is -0.778. The number of carbonyl (C=O) groups excluding carboxylic acids is 1. The minimum absolute atomic E-state index is 0.00585. The molecule has 0 atom stereocenters. The Morgan fingerprint density at radius 3 is 2.29 bits per heavy atom. The molecule has 28 heavy (non-hydrogen) atoms. The van der Waals surface area contributed by atoms with Gasteiger partial charge in [0, 0.05) is 17.7 Å². The Bertz CT molecular complexity index is 924. The van der Waals surface area contributed by atoms with Crippen molar-refractivity contribution in [2.24, 2.45) is 0 Å². The average molecular weight is 417 g/mol. The average Bonchev–Trinajstić information content (AvgIpc) is 2.54. The highest BCUT2D eigenvalue weighted by atomic mass is 35.5. The smallest absolute Gasteiger partial charge is 0.416 e. The number of hydrogen-bond acceptors (Lipinski definition) is 4. The van der Waals surface area contributed by atoms with Crippen LogP contribution in [0.5, 0.6) is 11.5 Å². The summed E-state index contributed by atoms with van der Waals surface area (Å²) in [5.41, 5.74) is -2.27. The van der Waals surface area contributed by atoms with Gasteiger partial charge in [-0.2, -0.15) is 13.2 Å². The lowest BCUT2D eigenvalue weighted by atomic mass is 10.1. The van der Waals surface area contributed by atoms with E-state index >= 15 is 0 Å². The molecule has 0 aliphatic heterocycles. The van der Waals surface area contributed by atoms with Crippen LogP contribution >= 0.6 is 11.6 Å². The van der Waals surface area contributed by atoms with Crippen molar-refractivity contribution in [3.63, 3.8) is 0 Å². The van der Waals surface area contributed by atoms with E-state index in [0.717, 1.165) is 24.3 Å². The van der Waals surface area contributed by atoms with Crippen LogP contribution in [0.25, 0.3) is 0 Å². The lowest BCUT2D eigenvalue weighted by Gasteiger charge is -2.20. The second-order valence-electron chi connectivity index (χ2n) is 6.89. The largest absolute Gasteiger partial charge is 0.456 e. The zero-order chi connectivity index (χ0) is 21.3. The van der Waals surface area contributed by atoms with Gasteiger partial charge in [0.1, 0.15) is 17.1 Å². The maximum atomic E-state index is 12.7. The molecule has 0 radical (unpaired) electrons. The molecular formula is C18H16ClF3N2O4. The molecule has 0 aliphatic carbocycles. The maximum absolute atomic E-state index is 12.7. The van der Waals surface area contributed by atoms with Crippen LogP contribution in [-0.4, -0.2) is 16.4 Å². The van der Waals surface area contributed by atoms with Gasteiger partial charge in [0.15, 0.2) is 0 Å². The number of alkyl halides is 3. The van der Waals surface area contributed by atoms with Gasteiger partial charge in [-0.25, -0.2) is 0 Å². The first kappa shape index (κ1) is 21.5. The van der Waals surface area contributed by atoms with Crippen LogP contribution < -0.4 is 10.1 Å². The number of amides is 1. The molecule has 10 heteroatoms. The zero-order valence-corrected chi connectivity index (χ0v) is 15.8. The van der Waals surface area contributed by atoms with E-state index in [9.17, 15) is 28.1 Å². The van der Waals surface area contributed by atoms with Gasteiger partial charge in [0.2, 0.25) is 0 Å². The van der Waals surface area contributed by atoms with E-state index in [1.165, 1.54) is 6.07 Å². The fourth-order valence-electron chi connectivity index (χ4n) is 2.21. The molecule has 0 fully saturated rings. The molecule has 0 saturated heterocycles.